The number of hydrogen-bond donors (Lipinski definition) is 12. The summed E-state index contributed by atoms with van der Waals surface area (Å²) in [6.45, 7) is 4.96. The number of anilines is 1. The number of hydrazone groups is 1. The van der Waals surface area contributed by atoms with E-state index in [2.05, 4.69) is 33.9 Å². The van der Waals surface area contributed by atoms with Crippen molar-refractivity contribution in [2.45, 2.75) is 139 Å². The molecular formula is C50H78N8O27P3S4+. The molecule has 0 spiro atoms. The Bertz CT molecular complexity index is 3880. The summed E-state index contributed by atoms with van der Waals surface area (Å²) in [5.41, 5.74) is 5.66. The number of carbonyl (C=O) groups excluding carboxylic acids is 2. The van der Waals surface area contributed by atoms with Crippen LogP contribution in [0.25, 0.3) is 6.08 Å². The molecule has 3 aliphatic rings. The molecule has 0 aliphatic carbocycles. The number of allylic oxidation sites excluding steroid dienone is 4. The Labute approximate surface area is 531 Å². The van der Waals surface area contributed by atoms with E-state index in [0.29, 0.717) is 80.0 Å². The SMILES string of the molecule is CC1=NN(CCCS(=O)(=O)O)/C(=C\C=C\C2=[N+](CCCCCC(=O)NCCCCCC(=O)NC/C=C/c3cn([C@H]4C[C@@H](O)[C@@H](COP(=O)(O)OP(=O)(O)OP(=O)(O)O)O4)c(=O)nc3N)c3ccc(S(=O)(=O)O)cc3C2(C)CCCS(=O)(=O)O)C1(C)CCCS(=O)(=O)O. The Kier molecular flexibility index (Phi) is 27.3. The monoisotopic (exact) mass is 1440 g/mol. The molecular weight excluding hydrogens is 1370 g/mol. The van der Waals surface area contributed by atoms with Crippen molar-refractivity contribution in [3.8, 4) is 0 Å². The highest BCUT2D eigenvalue weighted by Gasteiger charge is 2.49. The second kappa shape index (κ2) is 32.3. The van der Waals surface area contributed by atoms with Crippen LogP contribution in [0, 0.1) is 5.41 Å². The highest BCUT2D eigenvalue weighted by molar-refractivity contribution is 7.86. The number of nitrogens with one attached hydrogen (secondary N) is 2. The zero-order valence-corrected chi connectivity index (χ0v) is 56.1. The number of ether oxygens (including phenoxy) is 1. The molecule has 5 rings (SSSR count). The number of rotatable bonds is 38. The first-order valence-electron chi connectivity index (χ1n) is 28.5. The predicted octanol–water partition coefficient (Wildman–Crippen LogP) is 3.24. The average molecular weight is 1440 g/mol. The number of nitrogens with zero attached hydrogens (tertiary/aromatic N) is 5. The molecule has 518 valence electrons. The molecule has 3 aliphatic heterocycles. The van der Waals surface area contributed by atoms with E-state index in [1.807, 2.05) is 4.58 Å². The number of aliphatic hydroxyl groups is 1. The molecule has 1 fully saturated rings. The Morgan fingerprint density at radius 1 is 0.804 bits per heavy atom. The third-order valence-corrected chi connectivity index (χ3v) is 22.2. The van der Waals surface area contributed by atoms with Crippen molar-refractivity contribution in [2.24, 2.45) is 10.5 Å². The molecule has 35 nitrogen and oxygen atoms in total. The molecule has 1 aromatic heterocycles. The van der Waals surface area contributed by atoms with E-state index < -0.39 is 128 Å². The number of fused-ring (bicyclic) bond motifs is 1. The van der Waals surface area contributed by atoms with Crippen molar-refractivity contribution < 1.29 is 122 Å². The smallest absolute Gasteiger partial charge is 0.390 e. The molecule has 1 saturated heterocycles. The first kappa shape index (κ1) is 77.9. The Balaban J connectivity index is 1.14. The van der Waals surface area contributed by atoms with Gasteiger partial charge in [-0.05, 0) is 96.8 Å². The summed E-state index contributed by atoms with van der Waals surface area (Å²) in [7, 11) is -34.8. The number of phosphoric acid groups is 3. The molecule has 2 amide bonds. The first-order valence-corrected chi connectivity index (χ1v) is 39.2. The minimum atomic E-state index is -5.81. The van der Waals surface area contributed by atoms with Gasteiger partial charge < -0.3 is 45.8 Å². The predicted molar refractivity (Wildman–Crippen MR) is 330 cm³/mol. The van der Waals surface area contributed by atoms with Gasteiger partial charge in [-0.25, -0.2) is 18.5 Å². The van der Waals surface area contributed by atoms with Crippen molar-refractivity contribution >= 4 is 105 Å². The number of amides is 2. The van der Waals surface area contributed by atoms with Gasteiger partial charge in [-0.1, -0.05) is 24.6 Å². The summed E-state index contributed by atoms with van der Waals surface area (Å²) < 4.78 is 189. The third-order valence-electron chi connectivity index (χ3n) is 15.1. The fraction of sp³-hybridized carbons (Fsp3) is 0.600. The zero-order valence-electron chi connectivity index (χ0n) is 50.1. The van der Waals surface area contributed by atoms with E-state index >= 15 is 0 Å². The van der Waals surface area contributed by atoms with Gasteiger partial charge >= 0.3 is 29.2 Å². The molecule has 4 unspecified atom stereocenters. The lowest BCUT2D eigenvalue weighted by Gasteiger charge is -2.29. The van der Waals surface area contributed by atoms with Crippen molar-refractivity contribution in [2.75, 3.05) is 55.8 Å². The molecule has 42 heteroatoms. The second-order valence-electron chi connectivity index (χ2n) is 22.3. The Hall–Kier alpha value is -4.83. The summed E-state index contributed by atoms with van der Waals surface area (Å²) in [4.78, 5) is 78.0. The van der Waals surface area contributed by atoms with Gasteiger partial charge in [0, 0.05) is 91.6 Å². The van der Waals surface area contributed by atoms with Crippen LogP contribution in [-0.4, -0.2) is 181 Å². The van der Waals surface area contributed by atoms with Crippen LogP contribution >= 0.6 is 23.5 Å². The lowest BCUT2D eigenvalue weighted by Crippen LogP contribution is -2.32. The summed E-state index contributed by atoms with van der Waals surface area (Å²) in [6, 6.07) is 4.03. The fourth-order valence-electron chi connectivity index (χ4n) is 10.5. The fourth-order valence-corrected chi connectivity index (χ4v) is 15.6. The van der Waals surface area contributed by atoms with Crippen LogP contribution in [0.2, 0.25) is 0 Å². The first-order chi connectivity index (χ1) is 42.4. The van der Waals surface area contributed by atoms with Crippen molar-refractivity contribution in [1.29, 1.82) is 0 Å². The van der Waals surface area contributed by atoms with Gasteiger partial charge in [-0.2, -0.15) is 57.0 Å². The quantitative estimate of drug-likeness (QED) is 0.0199. The standard InChI is InChI=1S/C50H77N8O27P3S4/c1-35-49(2,22-12-28-89(70,71)72)43(58(55-35)27-14-30-91(76,77)78)17-10-16-42-50(3,23-13-29-90(73,74)75)38-31-37(92(79,80)81)20-21-39(38)56(42)26-9-5-7-19-44(60)52-24-8-4-6-18-45(61)53-25-11-15-36-33-57(48(62)54-47(36)51)46-32-40(59)41(83-46)34-82-87(66,67)85-88(68,69)84-86(63,64)65/h10-11,15-17,20-21,31,33,40-41,46,59H,4-9,12-14,18-19,22-30,32,34H2,1-3H3,(H11-,51,52,53,54,60,61,62,63,64,65,66,67,68,69,70,71,72,73,74,75,76,77,78,79,80,81)/p+1/b15-11+/t40-,41-,46-,49?,50?/m1/s1. The van der Waals surface area contributed by atoms with Gasteiger partial charge in [-0.3, -0.25) is 41.9 Å². The molecule has 0 bridgehead atoms. The maximum Gasteiger partial charge on any atom is 0.490 e. The van der Waals surface area contributed by atoms with Gasteiger partial charge in [-0.15, -0.1) is 0 Å². The average Bonchev–Trinajstić information content (AvgIpc) is 1.58. The largest absolute Gasteiger partial charge is 0.490 e. The van der Waals surface area contributed by atoms with E-state index in [9.17, 15) is 94.9 Å². The van der Waals surface area contributed by atoms with E-state index in [1.54, 1.807) is 39.0 Å². The van der Waals surface area contributed by atoms with Gasteiger partial charge in [0.05, 0.1) is 40.3 Å². The summed E-state index contributed by atoms with van der Waals surface area (Å²) >= 11 is 0. The van der Waals surface area contributed by atoms with Gasteiger partial charge in [0.2, 0.25) is 17.5 Å². The molecule has 0 saturated carbocycles. The maximum absolute atomic E-state index is 12.9. The number of unbranched alkanes of at least 4 members (excludes halogenated alkanes) is 4. The molecule has 1 aromatic carbocycles. The molecule has 13 N–H and O–H groups in total. The van der Waals surface area contributed by atoms with Gasteiger partial charge in [0.1, 0.15) is 24.7 Å². The number of nitrogens with two attached hydrogens (primary N) is 1. The minimum Gasteiger partial charge on any atom is -0.390 e. The number of aromatic nitrogens is 2. The lowest BCUT2D eigenvalue weighted by molar-refractivity contribution is -0.438. The number of hydrogen-bond acceptors (Lipinski definition) is 23. The van der Waals surface area contributed by atoms with Crippen LogP contribution in [0.3, 0.4) is 0 Å². The van der Waals surface area contributed by atoms with Crippen LogP contribution in [0.15, 0.2) is 69.2 Å². The van der Waals surface area contributed by atoms with Crippen LogP contribution < -0.4 is 22.1 Å². The molecule has 0 radical (unpaired) electrons. The van der Waals surface area contributed by atoms with Crippen LogP contribution in [0.4, 0.5) is 11.5 Å². The van der Waals surface area contributed by atoms with Gasteiger partial charge in [0.25, 0.3) is 40.5 Å². The topological polar surface area (TPSA) is 544 Å². The Morgan fingerprint density at radius 3 is 2.01 bits per heavy atom. The van der Waals surface area contributed by atoms with E-state index in [-0.39, 0.29) is 87.7 Å². The molecule has 92 heavy (non-hydrogen) atoms. The van der Waals surface area contributed by atoms with Crippen LogP contribution in [0.5, 0.6) is 0 Å². The maximum atomic E-state index is 12.9. The second-order valence-corrected chi connectivity index (χ2v) is 32.8. The summed E-state index contributed by atoms with van der Waals surface area (Å²) in [5, 5.41) is 22.2. The highest BCUT2D eigenvalue weighted by atomic mass is 32.2. The normalized spacial score (nSPS) is 22.5. The summed E-state index contributed by atoms with van der Waals surface area (Å²) in [6.07, 6.45) is 8.37. The number of carbonyl (C=O) groups is 2. The zero-order chi connectivity index (χ0) is 68.9. The number of nitrogen functional groups attached to an aromatic ring is 1. The van der Waals surface area contributed by atoms with Crippen LogP contribution in [0.1, 0.15) is 128 Å². The summed E-state index contributed by atoms with van der Waals surface area (Å²) in [5.74, 6) is -2.48. The number of phosphoric ester groups is 1. The third kappa shape index (κ3) is 24.4. The van der Waals surface area contributed by atoms with E-state index in [0.717, 1.165) is 4.57 Å². The lowest BCUT2D eigenvalue weighted by atomic mass is 9.75. The van der Waals surface area contributed by atoms with Crippen LogP contribution in [-0.2, 0) is 87.1 Å². The van der Waals surface area contributed by atoms with E-state index in [4.69, 9.17) is 20.3 Å². The van der Waals surface area contributed by atoms with E-state index in [1.165, 1.54) is 41.6 Å². The number of benzene rings is 1. The highest BCUT2D eigenvalue weighted by Crippen LogP contribution is 2.66. The number of aliphatic hydroxyl groups excluding tert-OH is 1. The molecule has 4 heterocycles. The Morgan fingerprint density at radius 2 is 1.40 bits per heavy atom. The van der Waals surface area contributed by atoms with Crippen molar-refractivity contribution in [1.82, 2.24) is 25.2 Å². The van der Waals surface area contributed by atoms with Crippen molar-refractivity contribution in [3.63, 3.8) is 0 Å². The van der Waals surface area contributed by atoms with Gasteiger partial charge in [0.15, 0.2) is 5.71 Å². The van der Waals surface area contributed by atoms with Crippen molar-refractivity contribution in [3.05, 3.63) is 76.0 Å². The molecule has 7 atom stereocenters. The molecule has 2 aromatic rings. The minimum absolute atomic E-state index is 0.0165.